The zero-order valence-electron chi connectivity index (χ0n) is 22.2. The number of carbonyl (C=O) groups is 2. The molecule has 0 spiro atoms. The van der Waals surface area contributed by atoms with Gasteiger partial charge in [0.25, 0.3) is 5.91 Å². The number of benzene rings is 1. The topological polar surface area (TPSA) is 103 Å². The Labute approximate surface area is 216 Å². The van der Waals surface area contributed by atoms with Gasteiger partial charge >= 0.3 is 5.76 Å². The third kappa shape index (κ3) is 5.96. The van der Waals surface area contributed by atoms with Crippen LogP contribution in [-0.2, 0) is 16.6 Å². The van der Waals surface area contributed by atoms with Gasteiger partial charge in [-0.25, -0.2) is 4.79 Å². The zero-order valence-corrected chi connectivity index (χ0v) is 22.2. The number of likely N-dealkylation sites (N-methyl/N-ethyl adjacent to an activating group) is 1. The summed E-state index contributed by atoms with van der Waals surface area (Å²) in [6, 6.07) is 3.90. The Kier molecular flexibility index (Phi) is 7.87. The van der Waals surface area contributed by atoms with Gasteiger partial charge in [0.15, 0.2) is 5.58 Å². The molecule has 0 radical (unpaired) electrons. The predicted molar refractivity (Wildman–Crippen MR) is 144 cm³/mol. The number of hydrogen-bond donors (Lipinski definition) is 2. The van der Waals surface area contributed by atoms with Gasteiger partial charge in [-0.15, -0.1) is 0 Å². The molecule has 10 nitrogen and oxygen atoms in total. The van der Waals surface area contributed by atoms with Crippen LogP contribution in [0.5, 0.6) is 0 Å². The highest BCUT2D eigenvalue weighted by molar-refractivity contribution is 5.89. The van der Waals surface area contributed by atoms with Gasteiger partial charge in [-0.3, -0.25) is 24.2 Å². The number of fused-ring (bicyclic) bond motifs is 2. The van der Waals surface area contributed by atoms with Crippen molar-refractivity contribution in [2.45, 2.75) is 33.2 Å². The Bertz CT molecular complexity index is 1330. The Hall–Kier alpha value is -3.79. The number of carbonyl (C=O) groups excluding carboxylic acids is 2. The summed E-state index contributed by atoms with van der Waals surface area (Å²) in [4.78, 5) is 40.1. The molecule has 0 fully saturated rings. The quantitative estimate of drug-likeness (QED) is 0.472. The van der Waals surface area contributed by atoms with Crippen LogP contribution in [-0.4, -0.2) is 72.2 Å². The van der Waals surface area contributed by atoms with Gasteiger partial charge in [-0.2, -0.15) is 0 Å². The van der Waals surface area contributed by atoms with Crippen LogP contribution >= 0.6 is 0 Å². The van der Waals surface area contributed by atoms with Crippen molar-refractivity contribution in [3.63, 3.8) is 0 Å². The molecule has 2 aromatic rings. The first-order valence-electron chi connectivity index (χ1n) is 12.6. The second-order valence-electron chi connectivity index (χ2n) is 9.84. The summed E-state index contributed by atoms with van der Waals surface area (Å²) in [6.07, 6.45) is 9.07. The lowest BCUT2D eigenvalue weighted by atomic mass is 10.0. The van der Waals surface area contributed by atoms with E-state index in [1.807, 2.05) is 38.1 Å². The lowest BCUT2D eigenvalue weighted by Crippen LogP contribution is -2.48. The van der Waals surface area contributed by atoms with Crippen molar-refractivity contribution in [2.75, 3.05) is 44.7 Å². The van der Waals surface area contributed by atoms with E-state index >= 15 is 0 Å². The van der Waals surface area contributed by atoms with E-state index in [1.54, 1.807) is 36.1 Å². The Balaban J connectivity index is 1.54. The van der Waals surface area contributed by atoms with Crippen molar-refractivity contribution >= 4 is 28.6 Å². The van der Waals surface area contributed by atoms with Crippen molar-refractivity contribution in [1.29, 1.82) is 0 Å². The third-order valence-corrected chi connectivity index (χ3v) is 6.68. The fourth-order valence-electron chi connectivity index (χ4n) is 4.53. The number of allylic oxidation sites excluding steroid dienone is 3. The monoisotopic (exact) mass is 508 g/mol. The summed E-state index contributed by atoms with van der Waals surface area (Å²) >= 11 is 0. The number of aryl methyl sites for hydroxylation is 2. The number of amides is 2. The first kappa shape index (κ1) is 26.3. The van der Waals surface area contributed by atoms with Gasteiger partial charge in [0.05, 0.1) is 25.2 Å². The first-order chi connectivity index (χ1) is 17.6. The lowest BCUT2D eigenvalue weighted by molar-refractivity contribution is -0.139. The molecular weight excluding hydrogens is 472 g/mol. The number of hydrogen-bond acceptors (Lipinski definition) is 7. The number of nitrogens with zero attached hydrogens (tertiary/aromatic N) is 4. The maximum absolute atomic E-state index is 13.4. The molecule has 0 unspecified atom stereocenters. The predicted octanol–water partition coefficient (Wildman–Crippen LogP) is 1.82. The smallest absolute Gasteiger partial charge is 0.408 e. The largest absolute Gasteiger partial charge is 0.419 e. The highest BCUT2D eigenvalue weighted by Crippen LogP contribution is 2.29. The Morgan fingerprint density at radius 2 is 1.95 bits per heavy atom. The number of rotatable bonds is 10. The van der Waals surface area contributed by atoms with Crippen LogP contribution in [0, 0.1) is 6.92 Å². The molecule has 2 N–H and O–H groups in total. The maximum Gasteiger partial charge on any atom is 0.419 e. The van der Waals surface area contributed by atoms with Crippen LogP contribution in [0.4, 0.5) is 5.69 Å². The SMILES string of the molecule is Cc1cc2oc(=O)n(C)c2cc1N(CC(=O)NCCNC(C)C)CC(=O)N(C)N1C=C2CC=CC=C2C1. The Morgan fingerprint density at radius 3 is 2.68 bits per heavy atom. The van der Waals surface area contributed by atoms with E-state index in [-0.39, 0.29) is 24.9 Å². The number of nitrogens with one attached hydrogen (secondary N) is 2. The minimum absolute atomic E-state index is 0.00440. The third-order valence-electron chi connectivity index (χ3n) is 6.68. The Morgan fingerprint density at radius 1 is 1.16 bits per heavy atom. The van der Waals surface area contributed by atoms with E-state index in [1.165, 1.54) is 15.7 Å². The lowest BCUT2D eigenvalue weighted by Gasteiger charge is -2.32. The standard InChI is InChI=1S/C27H36N6O4/c1-18(2)28-10-11-29-25(34)16-32(22-13-23-24(12-19(22)3)37-27(36)30(23)4)17-26(35)31(5)33-14-20-8-6-7-9-21(20)15-33/h6-8,12-13,15,18,28H,9-11,14,16-17H2,1-5H3,(H,29,34). The van der Waals surface area contributed by atoms with E-state index in [0.29, 0.717) is 42.5 Å². The maximum atomic E-state index is 13.4. The van der Waals surface area contributed by atoms with Crippen molar-refractivity contribution < 1.29 is 14.0 Å². The van der Waals surface area contributed by atoms with E-state index in [4.69, 9.17) is 4.42 Å². The number of hydrazine groups is 1. The molecule has 0 bridgehead atoms. The first-order valence-corrected chi connectivity index (χ1v) is 12.6. The fraction of sp³-hybridized carbons (Fsp3) is 0.444. The molecule has 2 amide bonds. The minimum Gasteiger partial charge on any atom is -0.408 e. The summed E-state index contributed by atoms with van der Waals surface area (Å²) in [5.74, 6) is -0.803. The van der Waals surface area contributed by atoms with Crippen molar-refractivity contribution in [3.05, 3.63) is 63.8 Å². The summed E-state index contributed by atoms with van der Waals surface area (Å²) in [6.45, 7) is 7.73. The molecule has 4 rings (SSSR count). The highest BCUT2D eigenvalue weighted by Gasteiger charge is 2.26. The molecule has 2 heterocycles. The second-order valence-corrected chi connectivity index (χ2v) is 9.84. The van der Waals surface area contributed by atoms with Crippen LogP contribution in [0.1, 0.15) is 25.8 Å². The molecule has 1 aliphatic heterocycles. The summed E-state index contributed by atoms with van der Waals surface area (Å²) in [7, 11) is 3.38. The molecule has 0 saturated heterocycles. The molecule has 198 valence electrons. The van der Waals surface area contributed by atoms with E-state index < -0.39 is 5.76 Å². The van der Waals surface area contributed by atoms with E-state index in [0.717, 1.165) is 12.0 Å². The van der Waals surface area contributed by atoms with Crippen molar-refractivity contribution in [3.8, 4) is 0 Å². The van der Waals surface area contributed by atoms with Crippen molar-refractivity contribution in [1.82, 2.24) is 25.2 Å². The number of oxazole rings is 1. The summed E-state index contributed by atoms with van der Waals surface area (Å²) in [5.41, 5.74) is 4.98. The van der Waals surface area contributed by atoms with Crippen LogP contribution < -0.4 is 21.3 Å². The van der Waals surface area contributed by atoms with E-state index in [9.17, 15) is 14.4 Å². The molecule has 37 heavy (non-hydrogen) atoms. The molecule has 10 heteroatoms. The van der Waals surface area contributed by atoms with Gasteiger partial charge in [-0.05, 0) is 42.2 Å². The molecule has 1 aromatic carbocycles. The molecule has 1 aliphatic carbocycles. The average Bonchev–Trinajstić information content (AvgIpc) is 3.40. The van der Waals surface area contributed by atoms with Crippen LogP contribution in [0.3, 0.4) is 0 Å². The molecule has 1 aromatic heterocycles. The van der Waals surface area contributed by atoms with Gasteiger partial charge in [0.1, 0.15) is 0 Å². The van der Waals surface area contributed by atoms with Gasteiger partial charge < -0.3 is 20.0 Å². The van der Waals surface area contributed by atoms with Gasteiger partial charge in [0.2, 0.25) is 5.91 Å². The number of aromatic nitrogens is 1. The zero-order chi connectivity index (χ0) is 26.7. The average molecular weight is 509 g/mol. The normalized spacial score (nSPS) is 14.6. The second kappa shape index (κ2) is 11.1. The van der Waals surface area contributed by atoms with E-state index in [2.05, 4.69) is 22.8 Å². The van der Waals surface area contributed by atoms with Crippen LogP contribution in [0.2, 0.25) is 0 Å². The molecular formula is C27H36N6O4. The molecule has 2 aliphatic rings. The fourth-order valence-corrected chi connectivity index (χ4v) is 4.53. The van der Waals surface area contributed by atoms with Crippen LogP contribution in [0.25, 0.3) is 11.1 Å². The minimum atomic E-state index is -0.461. The summed E-state index contributed by atoms with van der Waals surface area (Å²) < 4.78 is 6.74. The highest BCUT2D eigenvalue weighted by atomic mass is 16.4. The summed E-state index contributed by atoms with van der Waals surface area (Å²) in [5, 5.41) is 9.70. The molecule has 0 saturated carbocycles. The van der Waals surface area contributed by atoms with Gasteiger partial charge in [0, 0.05) is 45.1 Å². The van der Waals surface area contributed by atoms with Crippen molar-refractivity contribution in [2.24, 2.45) is 7.05 Å². The van der Waals surface area contributed by atoms with Crippen LogP contribution in [0.15, 0.2) is 56.9 Å². The molecule has 0 atom stereocenters. The van der Waals surface area contributed by atoms with Gasteiger partial charge in [-0.1, -0.05) is 32.1 Å². The number of anilines is 1.